The third-order valence-corrected chi connectivity index (χ3v) is 2.01. The summed E-state index contributed by atoms with van der Waals surface area (Å²) in [6, 6.07) is 1.44. The van der Waals surface area contributed by atoms with Crippen LogP contribution >= 0.6 is 23.2 Å². The Kier molecular flexibility index (Phi) is 4.11. The lowest BCUT2D eigenvalue weighted by Gasteiger charge is -2.07. The van der Waals surface area contributed by atoms with Crippen molar-refractivity contribution in [2.45, 2.75) is 11.8 Å². The summed E-state index contributed by atoms with van der Waals surface area (Å²) in [5, 5.41) is 13.3. The van der Waals surface area contributed by atoms with E-state index in [9.17, 15) is 10.1 Å². The molecule has 0 atom stereocenters. The van der Waals surface area contributed by atoms with Crippen LogP contribution in [0.2, 0.25) is 0 Å². The lowest BCUT2D eigenvalue weighted by molar-refractivity contribution is -0.385. The first kappa shape index (κ1) is 12.0. The van der Waals surface area contributed by atoms with Gasteiger partial charge in [0.05, 0.1) is 4.92 Å². The summed E-state index contributed by atoms with van der Waals surface area (Å²) in [6.07, 6.45) is 1.19. The molecular weight excluding hydrogens is 241 g/mol. The average molecular weight is 250 g/mol. The Balaban J connectivity index is 2.79. The van der Waals surface area contributed by atoms with Gasteiger partial charge >= 0.3 is 0 Å². The Hall–Kier alpha value is -1.07. The zero-order valence-corrected chi connectivity index (χ0v) is 9.42. The lowest BCUT2D eigenvalue weighted by atomic mass is 10.2. The summed E-state index contributed by atoms with van der Waals surface area (Å²) < 4.78 is 0. The molecule has 1 aromatic rings. The first-order valence-corrected chi connectivity index (χ1v) is 5.01. The van der Waals surface area contributed by atoms with E-state index in [-0.39, 0.29) is 5.69 Å². The number of anilines is 1. The van der Waals surface area contributed by atoms with E-state index in [4.69, 9.17) is 23.2 Å². The molecule has 1 rings (SSSR count). The van der Waals surface area contributed by atoms with E-state index in [1.165, 1.54) is 12.3 Å². The maximum absolute atomic E-state index is 10.4. The fourth-order valence-electron chi connectivity index (χ4n) is 1.02. The molecule has 0 unspecified atom stereocenters. The Morgan fingerprint density at radius 1 is 1.67 bits per heavy atom. The van der Waals surface area contributed by atoms with Crippen molar-refractivity contribution < 1.29 is 4.92 Å². The highest BCUT2D eigenvalue weighted by molar-refractivity contribution is 6.44. The second kappa shape index (κ2) is 5.14. The molecule has 0 radical (unpaired) electrons. The van der Waals surface area contributed by atoms with Crippen LogP contribution in [0.15, 0.2) is 12.3 Å². The predicted molar refractivity (Wildman–Crippen MR) is 59.6 cm³/mol. The molecule has 0 fully saturated rings. The summed E-state index contributed by atoms with van der Waals surface area (Å²) in [7, 11) is 0. The van der Waals surface area contributed by atoms with E-state index in [0.29, 0.717) is 17.9 Å². The maximum Gasteiger partial charge on any atom is 0.287 e. The molecule has 0 aliphatic carbocycles. The van der Waals surface area contributed by atoms with Crippen LogP contribution in [-0.2, 0) is 0 Å². The predicted octanol–water partition coefficient (Wildman–Crippen LogP) is 2.51. The van der Waals surface area contributed by atoms with Gasteiger partial charge in [0.2, 0.25) is 0 Å². The van der Waals surface area contributed by atoms with Crippen molar-refractivity contribution in [3.8, 4) is 0 Å². The molecule has 0 spiro atoms. The number of hydrogen-bond acceptors (Lipinski definition) is 4. The number of nitrogens with zero attached hydrogens (tertiary/aromatic N) is 2. The minimum absolute atomic E-state index is 0.0358. The molecule has 1 N–H and O–H groups in total. The monoisotopic (exact) mass is 249 g/mol. The second-order valence-corrected chi connectivity index (χ2v) is 4.17. The SMILES string of the molecule is Cc1cc([N+](=O)[O-])cnc1NCC(Cl)Cl. The van der Waals surface area contributed by atoms with Gasteiger partial charge in [-0.2, -0.15) is 0 Å². The van der Waals surface area contributed by atoms with E-state index < -0.39 is 9.76 Å². The number of nitro groups is 1. The number of aromatic nitrogens is 1. The van der Waals surface area contributed by atoms with E-state index in [1.54, 1.807) is 6.92 Å². The van der Waals surface area contributed by atoms with Gasteiger partial charge in [0.25, 0.3) is 5.69 Å². The van der Waals surface area contributed by atoms with Gasteiger partial charge in [-0.25, -0.2) is 4.98 Å². The van der Waals surface area contributed by atoms with Crippen molar-refractivity contribution in [3.63, 3.8) is 0 Å². The summed E-state index contributed by atoms with van der Waals surface area (Å²) in [5.74, 6) is 0.548. The summed E-state index contributed by atoms with van der Waals surface area (Å²) in [5.41, 5.74) is 0.643. The van der Waals surface area contributed by atoms with Crippen molar-refractivity contribution in [3.05, 3.63) is 27.9 Å². The van der Waals surface area contributed by atoms with Crippen LogP contribution in [0.1, 0.15) is 5.56 Å². The molecular formula is C8H9Cl2N3O2. The van der Waals surface area contributed by atoms with Crippen molar-refractivity contribution in [2.24, 2.45) is 0 Å². The van der Waals surface area contributed by atoms with E-state index in [1.807, 2.05) is 0 Å². The van der Waals surface area contributed by atoms with E-state index >= 15 is 0 Å². The van der Waals surface area contributed by atoms with E-state index in [0.717, 1.165) is 0 Å². The molecule has 15 heavy (non-hydrogen) atoms. The summed E-state index contributed by atoms with van der Waals surface area (Å²) in [4.78, 5) is 13.3. The normalized spacial score (nSPS) is 10.4. The standard InChI is InChI=1S/C8H9Cl2N3O2/c1-5-2-6(13(14)15)3-11-8(5)12-4-7(9)10/h2-3,7H,4H2,1H3,(H,11,12). The zero-order valence-electron chi connectivity index (χ0n) is 7.91. The minimum atomic E-state index is -0.540. The molecule has 0 aromatic carbocycles. The van der Waals surface area contributed by atoms with Crippen LogP contribution in [-0.4, -0.2) is 21.3 Å². The van der Waals surface area contributed by atoms with Gasteiger partial charge in [-0.05, 0) is 12.5 Å². The number of pyridine rings is 1. The molecule has 0 aliphatic heterocycles. The summed E-state index contributed by atoms with van der Waals surface area (Å²) in [6.45, 7) is 2.06. The van der Waals surface area contributed by atoms with Crippen LogP contribution in [0.25, 0.3) is 0 Å². The number of hydrogen-bond donors (Lipinski definition) is 1. The molecule has 0 amide bonds. The quantitative estimate of drug-likeness (QED) is 0.506. The van der Waals surface area contributed by atoms with Crippen molar-refractivity contribution in [1.82, 2.24) is 4.98 Å². The Bertz CT molecular complexity index is 371. The minimum Gasteiger partial charge on any atom is -0.367 e. The van der Waals surface area contributed by atoms with Crippen LogP contribution in [0.3, 0.4) is 0 Å². The van der Waals surface area contributed by atoms with Gasteiger partial charge in [0, 0.05) is 12.6 Å². The number of nitrogens with one attached hydrogen (secondary N) is 1. The van der Waals surface area contributed by atoms with Crippen LogP contribution < -0.4 is 5.32 Å². The molecule has 0 bridgehead atoms. The number of halogens is 2. The molecule has 0 saturated carbocycles. The van der Waals surface area contributed by atoms with Crippen LogP contribution in [0, 0.1) is 17.0 Å². The molecule has 1 aromatic heterocycles. The number of aryl methyl sites for hydroxylation is 1. The summed E-state index contributed by atoms with van der Waals surface area (Å²) >= 11 is 11.1. The first-order chi connectivity index (χ1) is 7.00. The smallest absolute Gasteiger partial charge is 0.287 e. The fourth-order valence-corrected chi connectivity index (χ4v) is 1.17. The third kappa shape index (κ3) is 3.53. The topological polar surface area (TPSA) is 68.1 Å². The van der Waals surface area contributed by atoms with Gasteiger partial charge in [-0.3, -0.25) is 10.1 Å². The fraction of sp³-hybridized carbons (Fsp3) is 0.375. The number of alkyl halides is 2. The molecule has 1 heterocycles. The largest absolute Gasteiger partial charge is 0.367 e. The molecule has 7 heteroatoms. The maximum atomic E-state index is 10.4. The van der Waals surface area contributed by atoms with Crippen molar-refractivity contribution in [1.29, 1.82) is 0 Å². The molecule has 0 saturated heterocycles. The molecule has 5 nitrogen and oxygen atoms in total. The first-order valence-electron chi connectivity index (χ1n) is 4.13. The highest BCUT2D eigenvalue weighted by Gasteiger charge is 2.09. The van der Waals surface area contributed by atoms with Gasteiger partial charge in [0.1, 0.15) is 16.9 Å². The Morgan fingerprint density at radius 3 is 2.80 bits per heavy atom. The van der Waals surface area contributed by atoms with E-state index in [2.05, 4.69) is 10.3 Å². The van der Waals surface area contributed by atoms with Crippen LogP contribution in [0.5, 0.6) is 0 Å². The lowest BCUT2D eigenvalue weighted by Crippen LogP contribution is -2.10. The Morgan fingerprint density at radius 2 is 2.33 bits per heavy atom. The van der Waals surface area contributed by atoms with Gasteiger partial charge < -0.3 is 5.32 Å². The zero-order chi connectivity index (χ0) is 11.4. The Labute approximate surface area is 96.6 Å². The molecule has 82 valence electrons. The van der Waals surface area contributed by atoms with Crippen LogP contribution in [0.4, 0.5) is 11.5 Å². The van der Waals surface area contributed by atoms with Gasteiger partial charge in [-0.1, -0.05) is 0 Å². The average Bonchev–Trinajstić information content (AvgIpc) is 2.15. The third-order valence-electron chi connectivity index (χ3n) is 1.70. The van der Waals surface area contributed by atoms with Gasteiger partial charge in [-0.15, -0.1) is 23.2 Å². The highest BCUT2D eigenvalue weighted by Crippen LogP contribution is 2.18. The van der Waals surface area contributed by atoms with Crippen molar-refractivity contribution in [2.75, 3.05) is 11.9 Å². The second-order valence-electron chi connectivity index (χ2n) is 2.89. The highest BCUT2D eigenvalue weighted by atomic mass is 35.5. The van der Waals surface area contributed by atoms with Crippen molar-refractivity contribution >= 4 is 34.7 Å². The van der Waals surface area contributed by atoms with Gasteiger partial charge in [0.15, 0.2) is 0 Å². The molecule has 0 aliphatic rings. The number of rotatable bonds is 4.